The highest BCUT2D eigenvalue weighted by atomic mass is 32.2. The number of hydrogen-bond donors (Lipinski definition) is 2. The molecule has 0 spiro atoms. The number of thioether (sulfide) groups is 1. The molecule has 0 aromatic rings. The van der Waals surface area contributed by atoms with Crippen LogP contribution in [0.4, 0.5) is 0 Å². The Morgan fingerprint density at radius 3 is 2.43 bits per heavy atom. The smallest absolute Gasteiger partial charge is 0.338 e. The highest BCUT2D eigenvalue weighted by molar-refractivity contribution is 8.00. The maximum absolute atomic E-state index is 11.1. The van der Waals surface area contributed by atoms with Gasteiger partial charge in [-0.25, -0.2) is 4.79 Å². The van der Waals surface area contributed by atoms with E-state index in [2.05, 4.69) is 15.6 Å². The molecule has 0 rings (SSSR count). The second-order valence-electron chi connectivity index (χ2n) is 2.49. The lowest BCUT2D eigenvalue weighted by molar-refractivity contribution is -0.150. The fraction of sp³-hybridized carbons (Fsp3) is 0.714. The zero-order chi connectivity index (χ0) is 11.0. The van der Waals surface area contributed by atoms with Crippen molar-refractivity contribution in [3.63, 3.8) is 0 Å². The van der Waals surface area contributed by atoms with E-state index in [1.54, 1.807) is 0 Å². The summed E-state index contributed by atoms with van der Waals surface area (Å²) in [5, 5.41) is -0.643. The fourth-order valence-electron chi connectivity index (χ4n) is 0.746. The van der Waals surface area contributed by atoms with Gasteiger partial charge < -0.3 is 9.68 Å². The van der Waals surface area contributed by atoms with E-state index in [4.69, 9.17) is 5.90 Å². The second kappa shape index (κ2) is 7.60. The number of rotatable bonds is 6. The molecular weight excluding hydrogens is 208 g/mol. The third-order valence-electron chi connectivity index (χ3n) is 1.39. The predicted molar refractivity (Wildman–Crippen MR) is 51.7 cm³/mol. The molecule has 0 bridgehead atoms. The van der Waals surface area contributed by atoms with E-state index in [9.17, 15) is 9.59 Å². The van der Waals surface area contributed by atoms with Gasteiger partial charge in [0.25, 0.3) is 0 Å². The van der Waals surface area contributed by atoms with E-state index < -0.39 is 17.2 Å². The zero-order valence-electron chi connectivity index (χ0n) is 7.89. The first-order chi connectivity index (χ1) is 6.65. The summed E-state index contributed by atoms with van der Waals surface area (Å²) in [6, 6.07) is 0. The van der Waals surface area contributed by atoms with Gasteiger partial charge in [0.05, 0.1) is 6.42 Å². The largest absolute Gasteiger partial charge is 0.373 e. The number of carbonyl (C=O) groups is 2. The molecule has 6 nitrogen and oxygen atoms in total. The average molecular weight is 222 g/mol. The second-order valence-corrected chi connectivity index (χ2v) is 3.80. The van der Waals surface area contributed by atoms with Crippen LogP contribution in [0.2, 0.25) is 0 Å². The third-order valence-corrected chi connectivity index (χ3v) is 2.79. The lowest BCUT2D eigenvalue weighted by atomic mass is 10.3. The van der Waals surface area contributed by atoms with Crippen molar-refractivity contribution in [1.29, 1.82) is 0 Å². The van der Waals surface area contributed by atoms with Crippen LogP contribution >= 0.6 is 11.8 Å². The highest BCUT2D eigenvalue weighted by Crippen LogP contribution is 2.17. The maximum Gasteiger partial charge on any atom is 0.338 e. The van der Waals surface area contributed by atoms with E-state index in [1.807, 2.05) is 6.92 Å². The zero-order valence-corrected chi connectivity index (χ0v) is 8.71. The summed E-state index contributed by atoms with van der Waals surface area (Å²) in [4.78, 5) is 29.9. The van der Waals surface area contributed by atoms with Crippen LogP contribution < -0.4 is 11.8 Å². The molecule has 0 amide bonds. The molecule has 0 aromatic carbocycles. The first-order valence-electron chi connectivity index (χ1n) is 4.07. The van der Waals surface area contributed by atoms with Crippen molar-refractivity contribution in [3.8, 4) is 0 Å². The number of hydrogen-bond acceptors (Lipinski definition) is 7. The van der Waals surface area contributed by atoms with Gasteiger partial charge in [-0.15, -0.1) is 11.8 Å². The Morgan fingerprint density at radius 1 is 1.36 bits per heavy atom. The standard InChI is InChI=1S/C7H14N2O4S/c1-2-3-14-5(7(11)13-9)4-6(10)12-8/h5H,2-4,8-9H2,1H3. The summed E-state index contributed by atoms with van der Waals surface area (Å²) in [6.45, 7) is 1.96. The van der Waals surface area contributed by atoms with Crippen LogP contribution in [0.5, 0.6) is 0 Å². The topological polar surface area (TPSA) is 105 Å². The minimum atomic E-state index is -0.663. The van der Waals surface area contributed by atoms with Crippen molar-refractivity contribution in [1.82, 2.24) is 0 Å². The van der Waals surface area contributed by atoms with Crippen LogP contribution in [0, 0.1) is 0 Å². The summed E-state index contributed by atoms with van der Waals surface area (Å²) in [7, 11) is 0. The molecule has 0 aliphatic carbocycles. The van der Waals surface area contributed by atoms with Crippen molar-refractivity contribution in [2.75, 3.05) is 5.75 Å². The summed E-state index contributed by atoms with van der Waals surface area (Å²) < 4.78 is 0. The van der Waals surface area contributed by atoms with Gasteiger partial charge in [0, 0.05) is 0 Å². The van der Waals surface area contributed by atoms with E-state index in [0.29, 0.717) is 0 Å². The Labute approximate surface area is 86.2 Å². The first-order valence-corrected chi connectivity index (χ1v) is 5.12. The van der Waals surface area contributed by atoms with E-state index in [0.717, 1.165) is 12.2 Å². The molecule has 0 aliphatic heterocycles. The molecule has 0 fully saturated rings. The Hall–Kier alpha value is -0.790. The Bertz CT molecular complexity index is 200. The van der Waals surface area contributed by atoms with E-state index in [-0.39, 0.29) is 6.42 Å². The van der Waals surface area contributed by atoms with Gasteiger partial charge in [0.2, 0.25) is 0 Å². The molecule has 1 unspecified atom stereocenters. The molecule has 0 radical (unpaired) electrons. The Morgan fingerprint density at radius 2 is 2.00 bits per heavy atom. The van der Waals surface area contributed by atoms with E-state index in [1.165, 1.54) is 11.8 Å². The monoisotopic (exact) mass is 222 g/mol. The van der Waals surface area contributed by atoms with Crippen molar-refractivity contribution >= 4 is 23.7 Å². The van der Waals surface area contributed by atoms with Gasteiger partial charge in [0.15, 0.2) is 0 Å². The Kier molecular flexibility index (Phi) is 7.17. The van der Waals surface area contributed by atoms with Crippen molar-refractivity contribution in [2.45, 2.75) is 25.0 Å². The summed E-state index contributed by atoms with van der Waals surface area (Å²) in [6.07, 6.45) is 0.758. The predicted octanol–water partition coefficient (Wildman–Crippen LogP) is -0.278. The normalized spacial score (nSPS) is 11.9. The molecule has 0 aromatic heterocycles. The molecule has 0 heterocycles. The highest BCUT2D eigenvalue weighted by Gasteiger charge is 2.23. The minimum absolute atomic E-state index is 0.128. The van der Waals surface area contributed by atoms with Crippen molar-refractivity contribution in [2.24, 2.45) is 11.8 Å². The van der Waals surface area contributed by atoms with Gasteiger partial charge >= 0.3 is 11.9 Å². The molecule has 0 aliphatic rings. The van der Waals surface area contributed by atoms with Crippen molar-refractivity contribution < 1.29 is 19.3 Å². The summed E-state index contributed by atoms with van der Waals surface area (Å²) in [5.41, 5.74) is 0. The molecule has 1 atom stereocenters. The molecule has 82 valence electrons. The molecule has 7 heteroatoms. The van der Waals surface area contributed by atoms with Gasteiger partial charge in [-0.3, -0.25) is 4.79 Å². The van der Waals surface area contributed by atoms with Crippen LogP contribution in [-0.2, 0) is 19.3 Å². The summed E-state index contributed by atoms with van der Waals surface area (Å²) >= 11 is 1.29. The van der Waals surface area contributed by atoms with Gasteiger partial charge in [-0.1, -0.05) is 6.92 Å². The number of carbonyl (C=O) groups excluding carboxylic acids is 2. The van der Waals surface area contributed by atoms with Gasteiger partial charge in [0.1, 0.15) is 5.25 Å². The molecular formula is C7H14N2O4S. The quantitative estimate of drug-likeness (QED) is 0.595. The molecule has 0 saturated carbocycles. The van der Waals surface area contributed by atoms with Crippen molar-refractivity contribution in [3.05, 3.63) is 0 Å². The maximum atomic E-state index is 11.1. The molecule has 4 N–H and O–H groups in total. The van der Waals surface area contributed by atoms with Crippen LogP contribution in [0.1, 0.15) is 19.8 Å². The summed E-state index contributed by atoms with van der Waals surface area (Å²) in [5.74, 6) is 8.79. The molecule has 0 saturated heterocycles. The minimum Gasteiger partial charge on any atom is -0.373 e. The average Bonchev–Trinajstić information content (AvgIpc) is 2.22. The van der Waals surface area contributed by atoms with Crippen LogP contribution in [0.3, 0.4) is 0 Å². The Balaban J connectivity index is 4.09. The molecule has 14 heavy (non-hydrogen) atoms. The van der Waals surface area contributed by atoms with Gasteiger partial charge in [-0.05, 0) is 12.2 Å². The lowest BCUT2D eigenvalue weighted by Crippen LogP contribution is -2.27. The fourth-order valence-corrected chi connectivity index (χ4v) is 1.71. The van der Waals surface area contributed by atoms with Gasteiger partial charge in [-0.2, -0.15) is 11.8 Å². The van der Waals surface area contributed by atoms with Crippen LogP contribution in [0.15, 0.2) is 0 Å². The number of nitrogens with two attached hydrogens (primary N) is 2. The first kappa shape index (κ1) is 13.2. The third kappa shape index (κ3) is 5.05. The van der Waals surface area contributed by atoms with Crippen LogP contribution in [-0.4, -0.2) is 22.9 Å². The van der Waals surface area contributed by atoms with E-state index >= 15 is 0 Å². The van der Waals surface area contributed by atoms with Crippen LogP contribution in [0.25, 0.3) is 0 Å². The lowest BCUT2D eigenvalue weighted by Gasteiger charge is -2.11. The SMILES string of the molecule is CCCSC(CC(=O)ON)C(=O)ON.